The predicted molar refractivity (Wildman–Crippen MR) is 94.6 cm³/mol. The quantitative estimate of drug-likeness (QED) is 0.461. The number of furan rings is 1. The van der Waals surface area contributed by atoms with Gasteiger partial charge in [-0.05, 0) is 38.7 Å². The highest BCUT2D eigenvalue weighted by molar-refractivity contribution is 6.39. The van der Waals surface area contributed by atoms with Crippen LogP contribution in [0.2, 0.25) is 0 Å². The number of nitro benzene ring substituents is 1. The minimum atomic E-state index is -0.898. The second kappa shape index (κ2) is 8.26. The van der Waals surface area contributed by atoms with Crippen LogP contribution in [-0.2, 0) is 9.59 Å². The first-order valence-corrected chi connectivity index (χ1v) is 7.83. The van der Waals surface area contributed by atoms with Crippen LogP contribution in [-0.4, -0.2) is 42.3 Å². The van der Waals surface area contributed by atoms with E-state index in [1.54, 1.807) is 19.1 Å². The maximum atomic E-state index is 12.1. The van der Waals surface area contributed by atoms with Crippen molar-refractivity contribution in [2.45, 2.75) is 13.0 Å². The average molecular weight is 360 g/mol. The number of non-ortho nitro benzene ring substituents is 1. The minimum Gasteiger partial charge on any atom is -0.468 e. The molecule has 0 radical (unpaired) electrons. The number of aryl methyl sites for hydroxylation is 1. The second-order valence-corrected chi connectivity index (χ2v) is 5.92. The van der Waals surface area contributed by atoms with E-state index in [1.165, 1.54) is 24.5 Å². The molecule has 0 unspecified atom stereocenters. The SMILES string of the molecule is Cc1ccc([N+](=O)[O-])cc1NC(=O)C(=O)NC[C@@H](c1ccco1)N(C)C. The van der Waals surface area contributed by atoms with Crippen molar-refractivity contribution < 1.29 is 18.9 Å². The Hall–Kier alpha value is -3.20. The first kappa shape index (κ1) is 19.1. The van der Waals surface area contributed by atoms with Gasteiger partial charge in [-0.2, -0.15) is 0 Å². The third-order valence-corrected chi connectivity index (χ3v) is 3.84. The summed E-state index contributed by atoms with van der Waals surface area (Å²) in [5.41, 5.74) is 0.657. The van der Waals surface area contributed by atoms with Crippen LogP contribution in [0.3, 0.4) is 0 Å². The van der Waals surface area contributed by atoms with Gasteiger partial charge in [-0.3, -0.25) is 24.6 Å². The molecular weight excluding hydrogens is 340 g/mol. The lowest BCUT2D eigenvalue weighted by Crippen LogP contribution is -2.40. The van der Waals surface area contributed by atoms with Crippen LogP contribution in [0.5, 0.6) is 0 Å². The topological polar surface area (TPSA) is 118 Å². The molecule has 1 aromatic heterocycles. The van der Waals surface area contributed by atoms with Gasteiger partial charge in [0.1, 0.15) is 5.76 Å². The molecule has 0 saturated carbocycles. The molecule has 0 aliphatic heterocycles. The number of likely N-dealkylation sites (N-methyl/N-ethyl adjacent to an activating group) is 1. The van der Waals surface area contributed by atoms with Crippen LogP contribution >= 0.6 is 0 Å². The third-order valence-electron chi connectivity index (χ3n) is 3.84. The molecule has 2 rings (SSSR count). The summed E-state index contributed by atoms with van der Waals surface area (Å²) in [6, 6.07) is 7.34. The number of hydrogen-bond donors (Lipinski definition) is 2. The van der Waals surface area contributed by atoms with Crippen LogP contribution in [0.1, 0.15) is 17.4 Å². The molecule has 9 heteroatoms. The Bertz CT molecular complexity index is 801. The third kappa shape index (κ3) is 4.67. The fourth-order valence-corrected chi connectivity index (χ4v) is 2.33. The number of amides is 2. The van der Waals surface area contributed by atoms with Gasteiger partial charge >= 0.3 is 11.8 Å². The summed E-state index contributed by atoms with van der Waals surface area (Å²) < 4.78 is 5.34. The standard InChI is InChI=1S/C17H20N4O5/c1-11-6-7-12(21(24)25)9-13(11)19-17(23)16(22)18-10-14(20(2)3)15-5-4-8-26-15/h4-9,14H,10H2,1-3H3,(H,18,22)(H,19,23)/t14-/m0/s1. The summed E-state index contributed by atoms with van der Waals surface area (Å²) in [6.07, 6.45) is 1.53. The first-order chi connectivity index (χ1) is 12.3. The van der Waals surface area contributed by atoms with Crippen molar-refractivity contribution in [1.29, 1.82) is 0 Å². The maximum absolute atomic E-state index is 12.1. The van der Waals surface area contributed by atoms with Crippen molar-refractivity contribution in [3.8, 4) is 0 Å². The molecule has 138 valence electrons. The summed E-state index contributed by atoms with van der Waals surface area (Å²) in [5, 5.41) is 15.8. The van der Waals surface area contributed by atoms with Gasteiger partial charge in [-0.15, -0.1) is 0 Å². The Kier molecular flexibility index (Phi) is 6.07. The Morgan fingerprint density at radius 1 is 1.27 bits per heavy atom. The largest absolute Gasteiger partial charge is 0.468 e. The highest BCUT2D eigenvalue weighted by Crippen LogP contribution is 2.22. The van der Waals surface area contributed by atoms with Crippen molar-refractivity contribution in [2.75, 3.05) is 26.0 Å². The fourth-order valence-electron chi connectivity index (χ4n) is 2.33. The molecule has 26 heavy (non-hydrogen) atoms. The van der Waals surface area contributed by atoms with Gasteiger partial charge in [-0.25, -0.2) is 0 Å². The minimum absolute atomic E-state index is 0.167. The normalized spacial score (nSPS) is 11.8. The Morgan fingerprint density at radius 3 is 2.58 bits per heavy atom. The highest BCUT2D eigenvalue weighted by Gasteiger charge is 2.21. The number of hydrogen-bond acceptors (Lipinski definition) is 6. The molecule has 0 fully saturated rings. The zero-order valence-corrected chi connectivity index (χ0v) is 14.7. The van der Waals surface area contributed by atoms with Crippen LogP contribution in [0.4, 0.5) is 11.4 Å². The van der Waals surface area contributed by atoms with E-state index >= 15 is 0 Å². The molecule has 0 aliphatic rings. The van der Waals surface area contributed by atoms with E-state index in [1.807, 2.05) is 19.0 Å². The predicted octanol–water partition coefficient (Wildman–Crippen LogP) is 1.85. The molecule has 2 N–H and O–H groups in total. The molecule has 0 bridgehead atoms. The van der Waals surface area contributed by atoms with E-state index in [0.717, 1.165) is 0 Å². The Morgan fingerprint density at radius 2 is 2.00 bits per heavy atom. The molecule has 2 amide bonds. The lowest BCUT2D eigenvalue weighted by Gasteiger charge is -2.22. The van der Waals surface area contributed by atoms with Crippen LogP contribution in [0.15, 0.2) is 41.0 Å². The van der Waals surface area contributed by atoms with Crippen LogP contribution in [0, 0.1) is 17.0 Å². The fraction of sp³-hybridized carbons (Fsp3) is 0.294. The molecule has 1 heterocycles. The van der Waals surface area contributed by atoms with Gasteiger partial charge in [0.05, 0.1) is 22.9 Å². The van der Waals surface area contributed by atoms with E-state index in [9.17, 15) is 19.7 Å². The zero-order valence-electron chi connectivity index (χ0n) is 14.7. The Labute approximate surface area is 150 Å². The smallest absolute Gasteiger partial charge is 0.313 e. The Balaban J connectivity index is 2.00. The average Bonchev–Trinajstić information content (AvgIpc) is 3.10. The molecule has 1 aromatic carbocycles. The summed E-state index contributed by atoms with van der Waals surface area (Å²) in [6.45, 7) is 1.84. The molecule has 9 nitrogen and oxygen atoms in total. The van der Waals surface area contributed by atoms with Gasteiger partial charge < -0.3 is 15.1 Å². The molecule has 0 aliphatic carbocycles. The zero-order chi connectivity index (χ0) is 19.3. The van der Waals surface area contributed by atoms with E-state index in [2.05, 4.69) is 10.6 Å². The molecule has 1 atom stereocenters. The van der Waals surface area contributed by atoms with Gasteiger partial charge in [-0.1, -0.05) is 6.07 Å². The first-order valence-electron chi connectivity index (χ1n) is 7.83. The summed E-state index contributed by atoms with van der Waals surface area (Å²) in [5.74, 6) is -1.08. The van der Waals surface area contributed by atoms with E-state index in [-0.39, 0.29) is 24.0 Å². The van der Waals surface area contributed by atoms with E-state index < -0.39 is 16.7 Å². The van der Waals surface area contributed by atoms with Crippen molar-refractivity contribution in [1.82, 2.24) is 10.2 Å². The number of benzene rings is 1. The maximum Gasteiger partial charge on any atom is 0.313 e. The van der Waals surface area contributed by atoms with Gasteiger partial charge in [0.15, 0.2) is 0 Å². The number of nitro groups is 1. The van der Waals surface area contributed by atoms with Crippen molar-refractivity contribution in [2.24, 2.45) is 0 Å². The summed E-state index contributed by atoms with van der Waals surface area (Å²) in [7, 11) is 3.65. The molecule has 0 saturated heterocycles. The van der Waals surface area contributed by atoms with Gasteiger partial charge in [0.2, 0.25) is 0 Å². The number of nitrogens with one attached hydrogen (secondary N) is 2. The van der Waals surface area contributed by atoms with Gasteiger partial charge in [0.25, 0.3) is 5.69 Å². The van der Waals surface area contributed by atoms with Crippen molar-refractivity contribution in [3.63, 3.8) is 0 Å². The van der Waals surface area contributed by atoms with Crippen molar-refractivity contribution in [3.05, 3.63) is 58.0 Å². The highest BCUT2D eigenvalue weighted by atomic mass is 16.6. The number of rotatable bonds is 6. The van der Waals surface area contributed by atoms with Crippen molar-refractivity contribution >= 4 is 23.2 Å². The number of carbonyl (C=O) groups is 2. The van der Waals surface area contributed by atoms with E-state index in [4.69, 9.17) is 4.42 Å². The van der Waals surface area contributed by atoms with Crippen LogP contribution < -0.4 is 10.6 Å². The molecular formula is C17H20N4O5. The van der Waals surface area contributed by atoms with Crippen LogP contribution in [0.25, 0.3) is 0 Å². The number of carbonyl (C=O) groups excluding carboxylic acids is 2. The van der Waals surface area contributed by atoms with E-state index in [0.29, 0.717) is 11.3 Å². The summed E-state index contributed by atoms with van der Waals surface area (Å²) in [4.78, 5) is 36.3. The molecule has 2 aromatic rings. The lowest BCUT2D eigenvalue weighted by molar-refractivity contribution is -0.384. The second-order valence-electron chi connectivity index (χ2n) is 5.92. The number of nitrogens with zero attached hydrogens (tertiary/aromatic N) is 2. The lowest BCUT2D eigenvalue weighted by atomic mass is 10.2. The molecule has 0 spiro atoms. The number of anilines is 1. The van der Waals surface area contributed by atoms with Gasteiger partial charge in [0, 0.05) is 18.7 Å². The summed E-state index contributed by atoms with van der Waals surface area (Å²) >= 11 is 0. The monoisotopic (exact) mass is 360 g/mol.